The van der Waals surface area contributed by atoms with Gasteiger partial charge in [-0.05, 0) is 65.2 Å². The molecule has 0 saturated carbocycles. The zero-order chi connectivity index (χ0) is 22.6. The van der Waals surface area contributed by atoms with E-state index in [2.05, 4.69) is 49.6 Å². The van der Waals surface area contributed by atoms with E-state index in [1.807, 2.05) is 28.9 Å². The Morgan fingerprint density at radius 3 is 2.48 bits per heavy atom. The molecule has 174 valence electrons. The van der Waals surface area contributed by atoms with Crippen LogP contribution in [-0.4, -0.2) is 71.1 Å². The molecule has 9 heteroatoms. The molecule has 2 atom stereocenters. The Kier molecular flexibility index (Phi) is 6.75. The molecular formula is C24H29ClN6O2. The van der Waals surface area contributed by atoms with E-state index in [1.54, 1.807) is 7.11 Å². The minimum absolute atomic E-state index is 0.0447. The van der Waals surface area contributed by atoms with Crippen molar-refractivity contribution >= 4 is 17.3 Å². The fraction of sp³-hybridized carbons (Fsp3) is 0.458. The van der Waals surface area contributed by atoms with Gasteiger partial charge in [0.05, 0.1) is 25.8 Å². The molecule has 8 nitrogen and oxygen atoms in total. The molecule has 1 aromatic heterocycles. The lowest BCUT2D eigenvalue weighted by molar-refractivity contribution is 0.0906. The first-order valence-corrected chi connectivity index (χ1v) is 11.9. The number of hydrogen-bond donors (Lipinski definition) is 0. The van der Waals surface area contributed by atoms with Crippen molar-refractivity contribution in [3.05, 3.63) is 64.9 Å². The van der Waals surface area contributed by atoms with E-state index in [4.69, 9.17) is 21.1 Å². The number of benzene rings is 2. The van der Waals surface area contributed by atoms with Crippen molar-refractivity contribution in [2.45, 2.75) is 31.5 Å². The molecule has 3 heterocycles. The molecule has 2 aromatic carbocycles. The van der Waals surface area contributed by atoms with Crippen LogP contribution in [0.2, 0.25) is 5.02 Å². The molecule has 2 fully saturated rings. The van der Waals surface area contributed by atoms with Gasteiger partial charge in [0.25, 0.3) is 0 Å². The third-order valence-corrected chi connectivity index (χ3v) is 6.76. The van der Waals surface area contributed by atoms with Crippen LogP contribution >= 0.6 is 11.6 Å². The summed E-state index contributed by atoms with van der Waals surface area (Å²) in [5, 5.41) is 13.5. The van der Waals surface area contributed by atoms with E-state index in [0.29, 0.717) is 6.54 Å². The number of nitrogens with zero attached hydrogens (tertiary/aromatic N) is 6. The first-order valence-electron chi connectivity index (χ1n) is 11.5. The maximum Gasteiger partial charge on any atom is 0.173 e. The number of methoxy groups -OCH3 is 1. The van der Waals surface area contributed by atoms with Crippen LogP contribution in [0.3, 0.4) is 0 Å². The zero-order valence-corrected chi connectivity index (χ0v) is 19.6. The molecule has 33 heavy (non-hydrogen) atoms. The topological polar surface area (TPSA) is 68.5 Å². The van der Waals surface area contributed by atoms with Crippen molar-refractivity contribution in [2.24, 2.45) is 0 Å². The molecule has 0 unspecified atom stereocenters. The minimum Gasteiger partial charge on any atom is -0.497 e. The van der Waals surface area contributed by atoms with Crippen molar-refractivity contribution < 1.29 is 9.47 Å². The van der Waals surface area contributed by atoms with Gasteiger partial charge in [0.2, 0.25) is 0 Å². The molecule has 3 aromatic rings. The van der Waals surface area contributed by atoms with E-state index in [9.17, 15) is 0 Å². The van der Waals surface area contributed by atoms with Gasteiger partial charge < -0.3 is 14.4 Å². The van der Waals surface area contributed by atoms with E-state index in [1.165, 1.54) is 5.69 Å². The quantitative estimate of drug-likeness (QED) is 0.526. The Morgan fingerprint density at radius 2 is 1.82 bits per heavy atom. The van der Waals surface area contributed by atoms with Crippen molar-refractivity contribution in [1.29, 1.82) is 0 Å². The summed E-state index contributed by atoms with van der Waals surface area (Å²) < 4.78 is 13.1. The fourth-order valence-electron chi connectivity index (χ4n) is 4.72. The van der Waals surface area contributed by atoms with Gasteiger partial charge in [-0.1, -0.05) is 23.7 Å². The number of aromatic nitrogens is 4. The highest BCUT2D eigenvalue weighted by atomic mass is 35.5. The summed E-state index contributed by atoms with van der Waals surface area (Å²) in [6.45, 7) is 5.12. The van der Waals surface area contributed by atoms with Crippen LogP contribution in [0.5, 0.6) is 5.75 Å². The Bertz CT molecular complexity index is 1030. The average molecular weight is 469 g/mol. The molecule has 2 aliphatic heterocycles. The third kappa shape index (κ3) is 4.98. The van der Waals surface area contributed by atoms with Gasteiger partial charge in [0.15, 0.2) is 5.82 Å². The number of tetrazole rings is 1. The van der Waals surface area contributed by atoms with Crippen LogP contribution in [0.1, 0.15) is 30.3 Å². The largest absolute Gasteiger partial charge is 0.497 e. The first-order chi connectivity index (χ1) is 16.2. The van der Waals surface area contributed by atoms with Gasteiger partial charge in [-0.2, -0.15) is 0 Å². The third-order valence-electron chi connectivity index (χ3n) is 6.51. The number of ether oxygens (including phenoxy) is 2. The molecule has 0 bridgehead atoms. The van der Waals surface area contributed by atoms with Crippen LogP contribution in [0.25, 0.3) is 0 Å². The maximum absolute atomic E-state index is 6.19. The molecule has 0 N–H and O–H groups in total. The predicted molar refractivity (Wildman–Crippen MR) is 127 cm³/mol. The second-order valence-corrected chi connectivity index (χ2v) is 8.97. The van der Waals surface area contributed by atoms with Gasteiger partial charge in [-0.15, -0.1) is 5.10 Å². The summed E-state index contributed by atoms with van der Waals surface area (Å²) in [4.78, 5) is 4.87. The van der Waals surface area contributed by atoms with Gasteiger partial charge in [0, 0.05) is 43.5 Å². The highest BCUT2D eigenvalue weighted by molar-refractivity contribution is 6.30. The van der Waals surface area contributed by atoms with E-state index in [-0.39, 0.29) is 12.1 Å². The van der Waals surface area contributed by atoms with Crippen LogP contribution in [-0.2, 0) is 11.3 Å². The maximum atomic E-state index is 6.19. The van der Waals surface area contributed by atoms with E-state index < -0.39 is 0 Å². The number of hydrogen-bond acceptors (Lipinski definition) is 7. The van der Waals surface area contributed by atoms with Crippen LogP contribution < -0.4 is 9.64 Å². The second kappa shape index (κ2) is 10.1. The lowest BCUT2D eigenvalue weighted by Gasteiger charge is -2.40. The summed E-state index contributed by atoms with van der Waals surface area (Å²) >= 11 is 6.19. The van der Waals surface area contributed by atoms with E-state index >= 15 is 0 Å². The summed E-state index contributed by atoms with van der Waals surface area (Å²) in [6, 6.07) is 16.2. The Morgan fingerprint density at radius 1 is 1.06 bits per heavy atom. The first kappa shape index (κ1) is 22.1. The second-order valence-electron chi connectivity index (χ2n) is 8.53. The smallest absolute Gasteiger partial charge is 0.173 e. The van der Waals surface area contributed by atoms with Crippen LogP contribution in [0.4, 0.5) is 5.69 Å². The number of halogens is 1. The standard InChI is InChI=1S/C24H29ClN6O2/c1-32-21-10-8-20(9-11-21)29-12-14-30(15-13-29)23(18-4-6-19(25)7-5-18)24-26-27-28-31(24)17-22-3-2-16-33-22/h4-11,22-23H,2-3,12-17H2,1H3/t22-,23+/m0/s1. The minimum atomic E-state index is -0.0447. The van der Waals surface area contributed by atoms with Crippen molar-refractivity contribution in [1.82, 2.24) is 25.1 Å². The molecule has 2 saturated heterocycles. The number of anilines is 1. The SMILES string of the molecule is COc1ccc(N2CCN([C@H](c3ccc(Cl)cc3)c3nnnn3C[C@@H]3CCCO3)CC2)cc1. The fourth-order valence-corrected chi connectivity index (χ4v) is 4.84. The molecule has 0 radical (unpaired) electrons. The van der Waals surface area contributed by atoms with Crippen molar-refractivity contribution in [3.8, 4) is 5.75 Å². The van der Waals surface area contributed by atoms with Crippen molar-refractivity contribution in [2.75, 3.05) is 44.8 Å². The van der Waals surface area contributed by atoms with Gasteiger partial charge in [-0.3, -0.25) is 4.90 Å². The number of rotatable bonds is 7. The van der Waals surface area contributed by atoms with Crippen LogP contribution in [0, 0.1) is 0 Å². The molecule has 2 aliphatic rings. The normalized spacial score (nSPS) is 20.2. The van der Waals surface area contributed by atoms with E-state index in [0.717, 1.165) is 67.8 Å². The zero-order valence-electron chi connectivity index (χ0n) is 18.8. The Labute approximate surface area is 199 Å². The van der Waals surface area contributed by atoms with Gasteiger partial charge >= 0.3 is 0 Å². The summed E-state index contributed by atoms with van der Waals surface area (Å²) in [5.41, 5.74) is 2.35. The summed E-state index contributed by atoms with van der Waals surface area (Å²) in [6.07, 6.45) is 2.31. The highest BCUT2D eigenvalue weighted by Gasteiger charge is 2.31. The molecule has 5 rings (SSSR count). The summed E-state index contributed by atoms with van der Waals surface area (Å²) in [5.74, 6) is 1.73. The lowest BCUT2D eigenvalue weighted by atomic mass is 10.0. The highest BCUT2D eigenvalue weighted by Crippen LogP contribution is 2.31. The molecule has 0 aliphatic carbocycles. The molecule has 0 amide bonds. The Hall–Kier alpha value is -2.68. The van der Waals surface area contributed by atoms with Gasteiger partial charge in [-0.25, -0.2) is 4.68 Å². The molecule has 0 spiro atoms. The Balaban J connectivity index is 1.37. The van der Waals surface area contributed by atoms with Gasteiger partial charge in [0.1, 0.15) is 5.75 Å². The number of piperazine rings is 1. The van der Waals surface area contributed by atoms with Crippen molar-refractivity contribution in [3.63, 3.8) is 0 Å². The lowest BCUT2D eigenvalue weighted by Crippen LogP contribution is -2.48. The average Bonchev–Trinajstić information content (AvgIpc) is 3.54. The molecular weight excluding hydrogens is 440 g/mol. The summed E-state index contributed by atoms with van der Waals surface area (Å²) in [7, 11) is 1.69. The monoisotopic (exact) mass is 468 g/mol. The van der Waals surface area contributed by atoms with Crippen LogP contribution in [0.15, 0.2) is 48.5 Å². The predicted octanol–water partition coefficient (Wildman–Crippen LogP) is 3.43.